The molecule has 19 heavy (non-hydrogen) atoms. The zero-order chi connectivity index (χ0) is 14.3. The van der Waals surface area contributed by atoms with Crippen molar-refractivity contribution in [3.8, 4) is 0 Å². The van der Waals surface area contributed by atoms with Gasteiger partial charge in [0, 0.05) is 10.4 Å². The van der Waals surface area contributed by atoms with Crippen molar-refractivity contribution in [2.75, 3.05) is 18.9 Å². The number of rotatable bonds is 8. The molecule has 108 valence electrons. The summed E-state index contributed by atoms with van der Waals surface area (Å²) in [6.45, 7) is 4.90. The van der Waals surface area contributed by atoms with Gasteiger partial charge in [0.05, 0.1) is 6.61 Å². The molecule has 0 aliphatic rings. The Hall–Kier alpha value is -0.650. The van der Waals surface area contributed by atoms with E-state index in [0.717, 1.165) is 36.1 Å². The summed E-state index contributed by atoms with van der Waals surface area (Å²) in [7, 11) is 0. The van der Waals surface area contributed by atoms with Crippen LogP contribution in [0.15, 0.2) is 23.1 Å². The van der Waals surface area contributed by atoms with Crippen LogP contribution >= 0.6 is 11.8 Å². The Morgan fingerprint density at radius 2 is 2.05 bits per heavy atom. The Morgan fingerprint density at radius 3 is 2.63 bits per heavy atom. The standard InChI is InChI=1S/C14H21F2NOS/c1-3-17-14(2,10-18)7-4-8-19-11-5-6-12(15)13(16)9-11/h5-6,9,17-18H,3-4,7-8,10H2,1-2H3. The number of hydrogen-bond donors (Lipinski definition) is 2. The van der Waals surface area contributed by atoms with E-state index >= 15 is 0 Å². The monoisotopic (exact) mass is 289 g/mol. The van der Waals surface area contributed by atoms with Gasteiger partial charge in [-0.3, -0.25) is 0 Å². The number of aliphatic hydroxyl groups excluding tert-OH is 1. The number of hydrogen-bond acceptors (Lipinski definition) is 3. The summed E-state index contributed by atoms with van der Waals surface area (Å²) in [6.07, 6.45) is 1.74. The van der Waals surface area contributed by atoms with Crippen LogP contribution in [0.2, 0.25) is 0 Å². The molecule has 1 unspecified atom stereocenters. The first-order valence-electron chi connectivity index (χ1n) is 6.44. The van der Waals surface area contributed by atoms with E-state index in [2.05, 4.69) is 5.32 Å². The van der Waals surface area contributed by atoms with Crippen LogP contribution in [-0.2, 0) is 0 Å². The topological polar surface area (TPSA) is 32.3 Å². The zero-order valence-electron chi connectivity index (χ0n) is 11.4. The first-order valence-corrected chi connectivity index (χ1v) is 7.43. The number of benzene rings is 1. The molecule has 1 aromatic rings. The fourth-order valence-corrected chi connectivity index (χ4v) is 2.74. The smallest absolute Gasteiger partial charge is 0.159 e. The molecule has 0 aromatic heterocycles. The Labute approximate surface area is 117 Å². The third-order valence-corrected chi connectivity index (χ3v) is 4.07. The zero-order valence-corrected chi connectivity index (χ0v) is 12.2. The van der Waals surface area contributed by atoms with Gasteiger partial charge in [-0.25, -0.2) is 8.78 Å². The normalized spacial score (nSPS) is 14.4. The average Bonchev–Trinajstić information content (AvgIpc) is 2.39. The molecule has 1 atom stereocenters. The summed E-state index contributed by atoms with van der Waals surface area (Å²) in [6, 6.07) is 3.95. The average molecular weight is 289 g/mol. The van der Waals surface area contributed by atoms with Gasteiger partial charge in [0.25, 0.3) is 0 Å². The van der Waals surface area contributed by atoms with E-state index < -0.39 is 11.6 Å². The van der Waals surface area contributed by atoms with Crippen LogP contribution in [0.4, 0.5) is 8.78 Å². The molecule has 5 heteroatoms. The molecule has 0 saturated heterocycles. The lowest BCUT2D eigenvalue weighted by molar-refractivity contribution is 0.167. The van der Waals surface area contributed by atoms with E-state index in [1.54, 1.807) is 6.07 Å². The molecule has 0 amide bonds. The highest BCUT2D eigenvalue weighted by atomic mass is 32.2. The molecule has 0 aliphatic carbocycles. The van der Waals surface area contributed by atoms with Crippen LogP contribution in [0.5, 0.6) is 0 Å². The third kappa shape index (κ3) is 5.47. The van der Waals surface area contributed by atoms with E-state index in [1.807, 2.05) is 13.8 Å². The van der Waals surface area contributed by atoms with Crippen molar-refractivity contribution in [2.45, 2.75) is 37.1 Å². The molecule has 0 heterocycles. The maximum Gasteiger partial charge on any atom is 0.159 e. The molecule has 0 spiro atoms. The Balaban J connectivity index is 2.36. The Morgan fingerprint density at radius 1 is 1.32 bits per heavy atom. The highest BCUT2D eigenvalue weighted by Gasteiger charge is 2.20. The fourth-order valence-electron chi connectivity index (χ4n) is 1.87. The Bertz CT molecular complexity index is 403. The molecular formula is C14H21F2NOS. The molecule has 2 nitrogen and oxygen atoms in total. The maximum atomic E-state index is 13.0. The second kappa shape index (κ2) is 7.82. The molecule has 1 aromatic carbocycles. The van der Waals surface area contributed by atoms with E-state index in [9.17, 15) is 13.9 Å². The quantitative estimate of drug-likeness (QED) is 0.569. The van der Waals surface area contributed by atoms with Gasteiger partial charge < -0.3 is 10.4 Å². The van der Waals surface area contributed by atoms with E-state index in [4.69, 9.17) is 0 Å². The number of aliphatic hydroxyl groups is 1. The van der Waals surface area contributed by atoms with E-state index in [-0.39, 0.29) is 12.1 Å². The molecule has 0 fully saturated rings. The molecule has 1 rings (SSSR count). The van der Waals surface area contributed by atoms with Gasteiger partial charge in [-0.1, -0.05) is 6.92 Å². The largest absolute Gasteiger partial charge is 0.394 e. The summed E-state index contributed by atoms with van der Waals surface area (Å²) in [4.78, 5) is 0.730. The molecule has 0 bridgehead atoms. The summed E-state index contributed by atoms with van der Waals surface area (Å²) >= 11 is 1.50. The van der Waals surface area contributed by atoms with Gasteiger partial charge >= 0.3 is 0 Å². The first-order chi connectivity index (χ1) is 9.00. The van der Waals surface area contributed by atoms with Crippen LogP contribution in [0.1, 0.15) is 26.7 Å². The minimum atomic E-state index is -0.815. The maximum absolute atomic E-state index is 13.0. The van der Waals surface area contributed by atoms with E-state index in [1.165, 1.54) is 17.8 Å². The highest BCUT2D eigenvalue weighted by Crippen LogP contribution is 2.23. The highest BCUT2D eigenvalue weighted by molar-refractivity contribution is 7.99. The second-order valence-corrected chi connectivity index (χ2v) is 5.95. The summed E-state index contributed by atoms with van der Waals surface area (Å²) in [5.74, 6) is -0.811. The molecule has 0 aliphatic heterocycles. The van der Waals surface area contributed by atoms with Gasteiger partial charge in [-0.05, 0) is 50.3 Å². The summed E-state index contributed by atoms with van der Waals surface area (Å²) in [5.41, 5.74) is -0.261. The van der Waals surface area contributed by atoms with Gasteiger partial charge in [0.1, 0.15) is 0 Å². The van der Waals surface area contributed by atoms with Gasteiger partial charge in [-0.2, -0.15) is 0 Å². The number of likely N-dealkylation sites (N-methyl/N-ethyl adjacent to an activating group) is 1. The van der Waals surface area contributed by atoms with Crippen LogP contribution in [0.3, 0.4) is 0 Å². The van der Waals surface area contributed by atoms with Crippen molar-refractivity contribution in [3.63, 3.8) is 0 Å². The summed E-state index contributed by atoms with van der Waals surface area (Å²) < 4.78 is 25.8. The molecule has 2 N–H and O–H groups in total. The van der Waals surface area contributed by atoms with E-state index in [0.29, 0.717) is 0 Å². The molecular weight excluding hydrogens is 268 g/mol. The molecule has 0 saturated carbocycles. The van der Waals surface area contributed by atoms with Crippen molar-refractivity contribution < 1.29 is 13.9 Å². The van der Waals surface area contributed by atoms with Gasteiger partial charge in [-0.15, -0.1) is 11.8 Å². The van der Waals surface area contributed by atoms with Crippen molar-refractivity contribution in [2.24, 2.45) is 0 Å². The van der Waals surface area contributed by atoms with Crippen LogP contribution in [0, 0.1) is 11.6 Å². The molecule has 0 radical (unpaired) electrons. The van der Waals surface area contributed by atoms with Crippen LogP contribution in [0.25, 0.3) is 0 Å². The third-order valence-electron chi connectivity index (χ3n) is 2.99. The number of thioether (sulfide) groups is 1. The van der Waals surface area contributed by atoms with Crippen molar-refractivity contribution in [1.82, 2.24) is 5.32 Å². The predicted octanol–water partition coefficient (Wildman–Crippen LogP) is 3.20. The van der Waals surface area contributed by atoms with Crippen molar-refractivity contribution >= 4 is 11.8 Å². The Kier molecular flexibility index (Phi) is 6.75. The van der Waals surface area contributed by atoms with Crippen molar-refractivity contribution in [1.29, 1.82) is 0 Å². The summed E-state index contributed by atoms with van der Waals surface area (Å²) in [5, 5.41) is 12.6. The van der Waals surface area contributed by atoms with Gasteiger partial charge in [0.15, 0.2) is 11.6 Å². The fraction of sp³-hybridized carbons (Fsp3) is 0.571. The number of halogens is 2. The predicted molar refractivity (Wildman–Crippen MR) is 75.5 cm³/mol. The van der Waals surface area contributed by atoms with Crippen LogP contribution in [-0.4, -0.2) is 29.5 Å². The van der Waals surface area contributed by atoms with Crippen molar-refractivity contribution in [3.05, 3.63) is 29.8 Å². The SMILES string of the molecule is CCNC(C)(CO)CCCSc1ccc(F)c(F)c1. The lowest BCUT2D eigenvalue weighted by Crippen LogP contribution is -2.45. The van der Waals surface area contributed by atoms with Gasteiger partial charge in [0.2, 0.25) is 0 Å². The minimum absolute atomic E-state index is 0.0939. The lowest BCUT2D eigenvalue weighted by atomic mass is 9.97. The minimum Gasteiger partial charge on any atom is -0.394 e. The first kappa shape index (κ1) is 16.4. The van der Waals surface area contributed by atoms with Crippen LogP contribution < -0.4 is 5.32 Å². The lowest BCUT2D eigenvalue weighted by Gasteiger charge is -2.28. The number of nitrogens with one attached hydrogen (secondary N) is 1. The second-order valence-electron chi connectivity index (χ2n) is 4.78.